The molecular weight excluding hydrogens is 286 g/mol. The van der Waals surface area contributed by atoms with E-state index < -0.39 is 0 Å². The summed E-state index contributed by atoms with van der Waals surface area (Å²) in [4.78, 5) is 10.0. The largest absolute Gasteiger partial charge is 0.376 e. The topological polar surface area (TPSA) is 28.6 Å². The van der Waals surface area contributed by atoms with Crippen molar-refractivity contribution in [1.29, 1.82) is 0 Å². The molecule has 3 saturated heterocycles. The van der Waals surface area contributed by atoms with Crippen molar-refractivity contribution in [3.05, 3.63) is 29.6 Å². The fraction of sp³-hybridized carbons (Fsp3) is 0.737. The number of pyridine rings is 1. The summed E-state index contributed by atoms with van der Waals surface area (Å²) in [5.41, 5.74) is 2.33. The van der Waals surface area contributed by atoms with Crippen molar-refractivity contribution >= 4 is 0 Å². The average molecular weight is 315 g/mol. The van der Waals surface area contributed by atoms with E-state index in [-0.39, 0.29) is 0 Å². The highest BCUT2D eigenvalue weighted by Crippen LogP contribution is 2.33. The van der Waals surface area contributed by atoms with E-state index >= 15 is 0 Å². The van der Waals surface area contributed by atoms with E-state index in [0.717, 1.165) is 25.4 Å². The number of nitrogens with zero attached hydrogens (tertiary/aromatic N) is 3. The zero-order valence-corrected chi connectivity index (χ0v) is 14.3. The van der Waals surface area contributed by atoms with Crippen LogP contribution in [-0.4, -0.2) is 59.7 Å². The Hall–Kier alpha value is -0.970. The van der Waals surface area contributed by atoms with E-state index in [0.29, 0.717) is 18.1 Å². The number of rotatable bonds is 3. The van der Waals surface area contributed by atoms with Gasteiger partial charge in [0.1, 0.15) is 0 Å². The van der Waals surface area contributed by atoms with Gasteiger partial charge in [-0.15, -0.1) is 0 Å². The van der Waals surface area contributed by atoms with Crippen molar-refractivity contribution in [2.75, 3.05) is 32.8 Å². The molecule has 4 rings (SSSR count). The normalized spacial score (nSPS) is 32.8. The summed E-state index contributed by atoms with van der Waals surface area (Å²) >= 11 is 0. The van der Waals surface area contributed by atoms with E-state index in [9.17, 15) is 0 Å². The van der Waals surface area contributed by atoms with Gasteiger partial charge >= 0.3 is 0 Å². The first-order chi connectivity index (χ1) is 11.3. The SMILES string of the molecule is Cc1cccc(CN2C[C@H]3CCCO[C@H]3[C@@H](N3CCCC3)C2)n1. The summed E-state index contributed by atoms with van der Waals surface area (Å²) in [6.07, 6.45) is 5.72. The first-order valence-corrected chi connectivity index (χ1v) is 9.30. The minimum Gasteiger partial charge on any atom is -0.376 e. The molecule has 0 N–H and O–H groups in total. The molecule has 0 aromatic carbocycles. The highest BCUT2D eigenvalue weighted by Gasteiger charge is 2.42. The van der Waals surface area contributed by atoms with Gasteiger partial charge in [-0.3, -0.25) is 14.8 Å². The third kappa shape index (κ3) is 3.44. The quantitative estimate of drug-likeness (QED) is 0.857. The van der Waals surface area contributed by atoms with Crippen LogP contribution in [0.4, 0.5) is 0 Å². The number of likely N-dealkylation sites (tertiary alicyclic amines) is 2. The monoisotopic (exact) mass is 315 g/mol. The van der Waals surface area contributed by atoms with Crippen LogP contribution in [-0.2, 0) is 11.3 Å². The van der Waals surface area contributed by atoms with Gasteiger partial charge in [0, 0.05) is 38.0 Å². The molecule has 3 atom stereocenters. The molecule has 1 aromatic heterocycles. The van der Waals surface area contributed by atoms with Gasteiger partial charge in [0.25, 0.3) is 0 Å². The lowest BCUT2D eigenvalue weighted by molar-refractivity contribution is -0.112. The maximum absolute atomic E-state index is 6.24. The van der Waals surface area contributed by atoms with Crippen molar-refractivity contribution in [2.24, 2.45) is 5.92 Å². The van der Waals surface area contributed by atoms with Gasteiger partial charge in [-0.25, -0.2) is 0 Å². The predicted molar refractivity (Wildman–Crippen MR) is 91.3 cm³/mol. The van der Waals surface area contributed by atoms with Gasteiger partial charge in [-0.05, 0) is 63.7 Å². The highest BCUT2D eigenvalue weighted by atomic mass is 16.5. The van der Waals surface area contributed by atoms with E-state index in [1.807, 2.05) is 0 Å². The maximum atomic E-state index is 6.24. The standard InChI is InChI=1S/C19H29N3O/c1-15-6-4-8-17(20-15)13-21-12-16-7-5-11-23-19(16)18(14-21)22-9-2-3-10-22/h4,6,8,16,18-19H,2-3,5,7,9-14H2,1H3/t16-,18+,19-/m1/s1. The number of aromatic nitrogens is 1. The molecule has 126 valence electrons. The Morgan fingerprint density at radius 3 is 2.87 bits per heavy atom. The Labute approximate surface area is 139 Å². The van der Waals surface area contributed by atoms with Crippen LogP contribution in [0.1, 0.15) is 37.1 Å². The average Bonchev–Trinajstić information content (AvgIpc) is 3.08. The molecular formula is C19H29N3O. The smallest absolute Gasteiger partial charge is 0.0782 e. The number of ether oxygens (including phenoxy) is 1. The first kappa shape index (κ1) is 15.6. The Morgan fingerprint density at radius 1 is 1.17 bits per heavy atom. The van der Waals surface area contributed by atoms with Crippen LogP contribution in [0.5, 0.6) is 0 Å². The third-order valence-corrected chi connectivity index (χ3v) is 5.75. The molecule has 3 aliphatic rings. The summed E-state index contributed by atoms with van der Waals surface area (Å²) < 4.78 is 6.24. The minimum absolute atomic E-state index is 0.462. The van der Waals surface area contributed by atoms with Crippen molar-refractivity contribution in [2.45, 2.75) is 51.3 Å². The summed E-state index contributed by atoms with van der Waals surface area (Å²) in [5, 5.41) is 0. The van der Waals surface area contributed by atoms with Gasteiger partial charge in [0.05, 0.1) is 11.8 Å². The Balaban J connectivity index is 1.49. The molecule has 4 heterocycles. The molecule has 0 unspecified atom stereocenters. The van der Waals surface area contributed by atoms with Crippen LogP contribution in [0.25, 0.3) is 0 Å². The first-order valence-electron chi connectivity index (χ1n) is 9.30. The number of fused-ring (bicyclic) bond motifs is 1. The van der Waals surface area contributed by atoms with Gasteiger partial charge in [-0.1, -0.05) is 6.07 Å². The fourth-order valence-electron chi connectivity index (χ4n) is 4.70. The molecule has 0 amide bonds. The summed E-state index contributed by atoms with van der Waals surface area (Å²) in [7, 11) is 0. The van der Waals surface area contributed by atoms with Crippen molar-refractivity contribution < 1.29 is 4.74 Å². The highest BCUT2D eigenvalue weighted by molar-refractivity contribution is 5.10. The molecule has 0 radical (unpaired) electrons. The van der Waals surface area contributed by atoms with E-state index in [2.05, 4.69) is 34.9 Å². The lowest BCUT2D eigenvalue weighted by Gasteiger charge is -2.48. The van der Waals surface area contributed by atoms with Crippen molar-refractivity contribution in [1.82, 2.24) is 14.8 Å². The Morgan fingerprint density at radius 2 is 2.04 bits per heavy atom. The number of hydrogen-bond donors (Lipinski definition) is 0. The van der Waals surface area contributed by atoms with E-state index in [1.54, 1.807) is 0 Å². The van der Waals surface area contributed by atoms with Crippen LogP contribution < -0.4 is 0 Å². The third-order valence-electron chi connectivity index (χ3n) is 5.75. The van der Waals surface area contributed by atoms with Crippen LogP contribution in [0.3, 0.4) is 0 Å². The van der Waals surface area contributed by atoms with Gasteiger partial charge in [-0.2, -0.15) is 0 Å². The Bertz CT molecular complexity index is 529. The molecule has 0 spiro atoms. The second-order valence-electron chi connectivity index (χ2n) is 7.51. The summed E-state index contributed by atoms with van der Waals surface area (Å²) in [6, 6.07) is 6.96. The van der Waals surface area contributed by atoms with Gasteiger partial charge < -0.3 is 4.74 Å². The minimum atomic E-state index is 0.462. The molecule has 0 aliphatic carbocycles. The zero-order chi connectivity index (χ0) is 15.6. The molecule has 0 bridgehead atoms. The van der Waals surface area contributed by atoms with E-state index in [1.165, 1.54) is 51.0 Å². The predicted octanol–water partition coefficient (Wildman–Crippen LogP) is 2.47. The van der Waals surface area contributed by atoms with Crippen molar-refractivity contribution in [3.63, 3.8) is 0 Å². The molecule has 4 nitrogen and oxygen atoms in total. The number of piperidine rings is 1. The molecule has 3 aliphatic heterocycles. The molecule has 23 heavy (non-hydrogen) atoms. The van der Waals surface area contributed by atoms with Crippen LogP contribution >= 0.6 is 0 Å². The summed E-state index contributed by atoms with van der Waals surface area (Å²) in [5.74, 6) is 0.702. The van der Waals surface area contributed by atoms with Crippen LogP contribution in [0.15, 0.2) is 18.2 Å². The van der Waals surface area contributed by atoms with Crippen LogP contribution in [0.2, 0.25) is 0 Å². The molecule has 3 fully saturated rings. The molecule has 4 heteroatoms. The summed E-state index contributed by atoms with van der Waals surface area (Å²) in [6.45, 7) is 8.85. The lowest BCUT2D eigenvalue weighted by atomic mass is 9.84. The van der Waals surface area contributed by atoms with E-state index in [4.69, 9.17) is 9.72 Å². The lowest BCUT2D eigenvalue weighted by Crippen LogP contribution is -2.60. The number of aryl methyl sites for hydroxylation is 1. The maximum Gasteiger partial charge on any atom is 0.0782 e. The van der Waals surface area contributed by atoms with Crippen LogP contribution in [0, 0.1) is 12.8 Å². The molecule has 1 aromatic rings. The van der Waals surface area contributed by atoms with Gasteiger partial charge in [0.2, 0.25) is 0 Å². The molecule has 0 saturated carbocycles. The second kappa shape index (κ2) is 6.88. The fourth-order valence-corrected chi connectivity index (χ4v) is 4.70. The Kier molecular flexibility index (Phi) is 4.65. The number of hydrogen-bond acceptors (Lipinski definition) is 4. The van der Waals surface area contributed by atoms with Crippen molar-refractivity contribution in [3.8, 4) is 0 Å². The second-order valence-corrected chi connectivity index (χ2v) is 7.51. The zero-order valence-electron chi connectivity index (χ0n) is 14.3. The van der Waals surface area contributed by atoms with Gasteiger partial charge in [0.15, 0.2) is 0 Å².